The van der Waals surface area contributed by atoms with E-state index in [2.05, 4.69) is 10.6 Å². The Morgan fingerprint density at radius 2 is 1.72 bits per heavy atom. The average Bonchev–Trinajstić information content (AvgIpc) is 2.62. The van der Waals surface area contributed by atoms with Gasteiger partial charge in [-0.25, -0.2) is 0 Å². The smallest absolute Gasteiger partial charge is 0.225 e. The summed E-state index contributed by atoms with van der Waals surface area (Å²) in [7, 11) is 1.64. The average molecular weight is 342 g/mol. The van der Waals surface area contributed by atoms with E-state index in [1.165, 1.54) is 5.56 Å². The summed E-state index contributed by atoms with van der Waals surface area (Å²) in [5.74, 6) is 1.62. The van der Waals surface area contributed by atoms with Crippen LogP contribution in [0.25, 0.3) is 0 Å². The summed E-state index contributed by atoms with van der Waals surface area (Å²) in [6, 6.07) is 13.4. The van der Waals surface area contributed by atoms with Crippen LogP contribution in [-0.4, -0.2) is 32.7 Å². The van der Waals surface area contributed by atoms with E-state index in [1.54, 1.807) is 7.11 Å². The number of nitrogens with one attached hydrogen (secondary N) is 2. The molecule has 0 aliphatic rings. The van der Waals surface area contributed by atoms with Gasteiger partial charge in [-0.2, -0.15) is 0 Å². The van der Waals surface area contributed by atoms with Gasteiger partial charge in [0, 0.05) is 25.2 Å². The molecule has 2 rings (SSSR count). The Morgan fingerprint density at radius 3 is 2.44 bits per heavy atom. The summed E-state index contributed by atoms with van der Waals surface area (Å²) >= 11 is 0. The van der Waals surface area contributed by atoms with Gasteiger partial charge in [0.1, 0.15) is 18.1 Å². The molecule has 0 aromatic heterocycles. The number of aryl methyl sites for hydroxylation is 1. The number of ether oxygens (including phenoxy) is 2. The van der Waals surface area contributed by atoms with Crippen molar-refractivity contribution < 1.29 is 14.3 Å². The molecule has 0 bridgehead atoms. The van der Waals surface area contributed by atoms with Crippen LogP contribution in [0.2, 0.25) is 0 Å². The highest BCUT2D eigenvalue weighted by Crippen LogP contribution is 2.18. The van der Waals surface area contributed by atoms with Crippen LogP contribution in [0.1, 0.15) is 17.5 Å². The number of carbonyl (C=O) groups is 1. The molecular weight excluding hydrogens is 316 g/mol. The lowest BCUT2D eigenvalue weighted by atomic mass is 10.1. The lowest BCUT2D eigenvalue weighted by Gasteiger charge is -2.11. The van der Waals surface area contributed by atoms with Gasteiger partial charge in [-0.05, 0) is 55.3 Å². The third-order valence-corrected chi connectivity index (χ3v) is 4.01. The SMILES string of the molecule is COc1ccc(OCCNCCC(=O)Nc2cccc(C)c2C)cc1. The van der Waals surface area contributed by atoms with Crippen molar-refractivity contribution in [1.82, 2.24) is 5.32 Å². The number of hydrogen-bond acceptors (Lipinski definition) is 4. The topological polar surface area (TPSA) is 59.6 Å². The third kappa shape index (κ3) is 6.12. The van der Waals surface area contributed by atoms with Crippen molar-refractivity contribution >= 4 is 11.6 Å². The van der Waals surface area contributed by atoms with Crippen molar-refractivity contribution in [3.63, 3.8) is 0 Å². The number of carbonyl (C=O) groups excluding carboxylic acids is 1. The lowest BCUT2D eigenvalue weighted by molar-refractivity contribution is -0.116. The quantitative estimate of drug-likeness (QED) is 0.687. The molecule has 0 saturated heterocycles. The molecule has 2 N–H and O–H groups in total. The van der Waals surface area contributed by atoms with E-state index in [4.69, 9.17) is 9.47 Å². The molecule has 0 spiro atoms. The fourth-order valence-corrected chi connectivity index (χ4v) is 2.34. The second-order valence-corrected chi connectivity index (χ2v) is 5.82. The zero-order chi connectivity index (χ0) is 18.1. The van der Waals surface area contributed by atoms with E-state index in [0.29, 0.717) is 26.1 Å². The predicted octanol–water partition coefficient (Wildman–Crippen LogP) is 3.31. The Balaban J connectivity index is 1.60. The van der Waals surface area contributed by atoms with Gasteiger partial charge in [-0.1, -0.05) is 12.1 Å². The minimum Gasteiger partial charge on any atom is -0.497 e. The minimum absolute atomic E-state index is 0.0114. The molecule has 0 atom stereocenters. The number of amides is 1. The van der Waals surface area contributed by atoms with Crippen molar-refractivity contribution in [2.24, 2.45) is 0 Å². The molecule has 25 heavy (non-hydrogen) atoms. The van der Waals surface area contributed by atoms with Gasteiger partial charge >= 0.3 is 0 Å². The predicted molar refractivity (Wildman–Crippen MR) is 101 cm³/mol. The van der Waals surface area contributed by atoms with Crippen molar-refractivity contribution in [3.05, 3.63) is 53.6 Å². The van der Waals surface area contributed by atoms with Crippen LogP contribution < -0.4 is 20.1 Å². The van der Waals surface area contributed by atoms with Crippen LogP contribution in [0.5, 0.6) is 11.5 Å². The highest BCUT2D eigenvalue weighted by Gasteiger charge is 2.05. The maximum atomic E-state index is 12.0. The molecule has 0 heterocycles. The van der Waals surface area contributed by atoms with Crippen LogP contribution in [0, 0.1) is 13.8 Å². The molecule has 0 unspecified atom stereocenters. The molecule has 2 aromatic rings. The maximum Gasteiger partial charge on any atom is 0.225 e. The maximum absolute atomic E-state index is 12.0. The standard InChI is InChI=1S/C20H26N2O3/c1-15-5-4-6-19(16(15)2)22-20(23)11-12-21-13-14-25-18-9-7-17(24-3)8-10-18/h4-10,21H,11-14H2,1-3H3,(H,22,23). The molecule has 5 nitrogen and oxygen atoms in total. The first-order valence-electron chi connectivity index (χ1n) is 8.44. The van der Waals surface area contributed by atoms with Crippen molar-refractivity contribution in [2.75, 3.05) is 32.1 Å². The lowest BCUT2D eigenvalue weighted by Crippen LogP contribution is -2.25. The normalized spacial score (nSPS) is 10.4. The van der Waals surface area contributed by atoms with Crippen LogP contribution in [-0.2, 0) is 4.79 Å². The second-order valence-electron chi connectivity index (χ2n) is 5.82. The van der Waals surface area contributed by atoms with Crippen LogP contribution in [0.3, 0.4) is 0 Å². The van der Waals surface area contributed by atoms with E-state index in [0.717, 1.165) is 22.7 Å². The number of benzene rings is 2. The second kappa shape index (κ2) is 9.69. The van der Waals surface area contributed by atoms with Gasteiger partial charge < -0.3 is 20.1 Å². The molecule has 0 fully saturated rings. The number of rotatable bonds is 9. The van der Waals surface area contributed by atoms with Gasteiger partial charge in [0.05, 0.1) is 7.11 Å². The summed E-state index contributed by atoms with van der Waals surface area (Å²) in [6.07, 6.45) is 0.427. The van der Waals surface area contributed by atoms with Crippen molar-refractivity contribution in [2.45, 2.75) is 20.3 Å². The zero-order valence-corrected chi connectivity index (χ0v) is 15.1. The van der Waals surface area contributed by atoms with Crippen LogP contribution in [0.4, 0.5) is 5.69 Å². The molecule has 1 amide bonds. The molecule has 2 aromatic carbocycles. The Bertz CT molecular complexity index is 684. The summed E-state index contributed by atoms with van der Waals surface area (Å²) < 4.78 is 10.7. The van der Waals surface area contributed by atoms with Crippen LogP contribution >= 0.6 is 0 Å². The fourth-order valence-electron chi connectivity index (χ4n) is 2.34. The number of anilines is 1. The molecule has 0 saturated carbocycles. The molecule has 0 radical (unpaired) electrons. The first-order chi connectivity index (χ1) is 12.1. The monoisotopic (exact) mass is 342 g/mol. The summed E-state index contributed by atoms with van der Waals surface area (Å²) in [6.45, 7) is 5.89. The Labute approximate surface area is 149 Å². The summed E-state index contributed by atoms with van der Waals surface area (Å²) in [5, 5.41) is 6.17. The number of methoxy groups -OCH3 is 1. The molecular formula is C20H26N2O3. The summed E-state index contributed by atoms with van der Waals surface area (Å²) in [4.78, 5) is 12.0. The highest BCUT2D eigenvalue weighted by atomic mass is 16.5. The van der Waals surface area contributed by atoms with Gasteiger partial charge in [0.25, 0.3) is 0 Å². The van der Waals surface area contributed by atoms with Gasteiger partial charge in [-0.3, -0.25) is 4.79 Å². The first-order valence-corrected chi connectivity index (χ1v) is 8.44. The van der Waals surface area contributed by atoms with E-state index < -0.39 is 0 Å². The van der Waals surface area contributed by atoms with Crippen molar-refractivity contribution in [3.8, 4) is 11.5 Å². The van der Waals surface area contributed by atoms with E-state index >= 15 is 0 Å². The Kier molecular flexibility index (Phi) is 7.29. The summed E-state index contributed by atoms with van der Waals surface area (Å²) in [5.41, 5.74) is 3.16. The Hall–Kier alpha value is -2.53. The van der Waals surface area contributed by atoms with E-state index in [1.807, 2.05) is 56.3 Å². The zero-order valence-electron chi connectivity index (χ0n) is 15.1. The minimum atomic E-state index is 0.0114. The van der Waals surface area contributed by atoms with Gasteiger partial charge in [-0.15, -0.1) is 0 Å². The van der Waals surface area contributed by atoms with Crippen molar-refractivity contribution in [1.29, 1.82) is 0 Å². The van der Waals surface area contributed by atoms with E-state index in [9.17, 15) is 4.79 Å². The molecule has 5 heteroatoms. The molecule has 134 valence electrons. The van der Waals surface area contributed by atoms with E-state index in [-0.39, 0.29) is 5.91 Å². The fraction of sp³-hybridized carbons (Fsp3) is 0.350. The third-order valence-electron chi connectivity index (χ3n) is 4.01. The largest absolute Gasteiger partial charge is 0.497 e. The van der Waals surface area contributed by atoms with Crippen LogP contribution in [0.15, 0.2) is 42.5 Å². The van der Waals surface area contributed by atoms with Gasteiger partial charge in [0.15, 0.2) is 0 Å². The van der Waals surface area contributed by atoms with Gasteiger partial charge in [0.2, 0.25) is 5.91 Å². The highest BCUT2D eigenvalue weighted by molar-refractivity contribution is 5.91. The molecule has 0 aliphatic carbocycles. The number of hydrogen-bond donors (Lipinski definition) is 2. The first kappa shape index (κ1) is 18.8. The Morgan fingerprint density at radius 1 is 1.00 bits per heavy atom. The molecule has 0 aliphatic heterocycles.